The normalized spacial score (nSPS) is 23.8. The maximum absolute atomic E-state index is 12.3. The maximum Gasteiger partial charge on any atom is 0.319 e. The molecule has 26 heavy (non-hydrogen) atoms. The highest BCUT2D eigenvalue weighted by Gasteiger charge is 2.29. The molecule has 2 fully saturated rings. The third-order valence-electron chi connectivity index (χ3n) is 5.04. The lowest BCUT2D eigenvalue weighted by Gasteiger charge is -2.27. The summed E-state index contributed by atoms with van der Waals surface area (Å²) in [6.07, 6.45) is 6.18. The van der Waals surface area contributed by atoms with Crippen LogP contribution in [0.4, 0.5) is 16.3 Å². The van der Waals surface area contributed by atoms with Crippen molar-refractivity contribution in [2.45, 2.75) is 38.1 Å². The maximum atomic E-state index is 12.3. The molecule has 8 nitrogen and oxygen atoms in total. The zero-order valence-corrected chi connectivity index (χ0v) is 14.9. The Morgan fingerprint density at radius 3 is 2.62 bits per heavy atom. The molecule has 3 rings (SSSR count). The van der Waals surface area contributed by atoms with Crippen LogP contribution in [0.5, 0.6) is 0 Å². The molecular formula is C18H27N5O3. The highest BCUT2D eigenvalue weighted by Crippen LogP contribution is 2.23. The van der Waals surface area contributed by atoms with Gasteiger partial charge in [-0.25, -0.2) is 9.78 Å². The molecule has 1 saturated heterocycles. The Morgan fingerprint density at radius 1 is 1.15 bits per heavy atom. The predicted octanol–water partition coefficient (Wildman–Crippen LogP) is 1.47. The first-order valence-corrected chi connectivity index (χ1v) is 9.29. The van der Waals surface area contributed by atoms with E-state index in [0.29, 0.717) is 18.9 Å². The average Bonchev–Trinajstić information content (AvgIpc) is 2.88. The predicted molar refractivity (Wildman–Crippen MR) is 99.0 cm³/mol. The van der Waals surface area contributed by atoms with Gasteiger partial charge in [-0.3, -0.25) is 4.79 Å². The lowest BCUT2D eigenvalue weighted by molar-refractivity contribution is -0.122. The topological polar surface area (TPSA) is 110 Å². The lowest BCUT2D eigenvalue weighted by atomic mass is 9.94. The molecule has 4 N–H and O–H groups in total. The van der Waals surface area contributed by atoms with Crippen LogP contribution in [0.25, 0.3) is 0 Å². The van der Waals surface area contributed by atoms with Gasteiger partial charge in [0.15, 0.2) is 0 Å². The van der Waals surface area contributed by atoms with Crippen LogP contribution in [0.1, 0.15) is 32.1 Å². The second-order valence-corrected chi connectivity index (χ2v) is 6.86. The molecule has 1 aliphatic heterocycles. The van der Waals surface area contributed by atoms with Crippen molar-refractivity contribution in [2.24, 2.45) is 11.7 Å². The van der Waals surface area contributed by atoms with E-state index in [1.54, 1.807) is 6.20 Å². The van der Waals surface area contributed by atoms with Gasteiger partial charge in [0.2, 0.25) is 5.91 Å². The van der Waals surface area contributed by atoms with E-state index in [0.717, 1.165) is 51.0 Å². The summed E-state index contributed by atoms with van der Waals surface area (Å²) in [5.74, 6) is 0.232. The Morgan fingerprint density at radius 2 is 1.92 bits per heavy atom. The molecule has 3 amide bonds. The van der Waals surface area contributed by atoms with Gasteiger partial charge >= 0.3 is 6.03 Å². The highest BCUT2D eigenvalue weighted by atomic mass is 16.5. The van der Waals surface area contributed by atoms with Crippen molar-refractivity contribution in [3.63, 3.8) is 0 Å². The first-order valence-electron chi connectivity index (χ1n) is 9.29. The summed E-state index contributed by atoms with van der Waals surface area (Å²) >= 11 is 0. The zero-order chi connectivity index (χ0) is 18.4. The van der Waals surface area contributed by atoms with Crippen molar-refractivity contribution < 1.29 is 14.3 Å². The number of urea groups is 1. The summed E-state index contributed by atoms with van der Waals surface area (Å²) in [6.45, 7) is 3.03. The second-order valence-electron chi connectivity index (χ2n) is 6.86. The first-order chi connectivity index (χ1) is 12.6. The van der Waals surface area contributed by atoms with Gasteiger partial charge in [-0.2, -0.15) is 0 Å². The third kappa shape index (κ3) is 4.85. The van der Waals surface area contributed by atoms with E-state index >= 15 is 0 Å². The minimum atomic E-state index is -0.339. The Labute approximate surface area is 153 Å². The number of rotatable bonds is 4. The largest absolute Gasteiger partial charge is 0.378 e. The Kier molecular flexibility index (Phi) is 6.27. The third-order valence-corrected chi connectivity index (χ3v) is 5.04. The van der Waals surface area contributed by atoms with Crippen molar-refractivity contribution in [1.82, 2.24) is 10.3 Å². The quantitative estimate of drug-likeness (QED) is 0.704. The summed E-state index contributed by atoms with van der Waals surface area (Å²) in [5.41, 5.74) is 6.12. The van der Waals surface area contributed by atoms with Crippen LogP contribution in [0.3, 0.4) is 0 Å². The van der Waals surface area contributed by atoms with E-state index in [9.17, 15) is 9.59 Å². The van der Waals surface area contributed by atoms with Gasteiger partial charge in [0.05, 0.1) is 31.0 Å². The molecule has 1 aromatic rings. The van der Waals surface area contributed by atoms with E-state index in [4.69, 9.17) is 10.5 Å². The molecule has 142 valence electrons. The summed E-state index contributed by atoms with van der Waals surface area (Å²) in [5, 5.41) is 5.70. The summed E-state index contributed by atoms with van der Waals surface area (Å²) in [7, 11) is 0. The number of carbonyl (C=O) groups is 2. The molecule has 0 radical (unpaired) electrons. The van der Waals surface area contributed by atoms with E-state index in [1.807, 2.05) is 12.1 Å². The van der Waals surface area contributed by atoms with Crippen LogP contribution in [0, 0.1) is 5.92 Å². The molecule has 2 aliphatic rings. The number of anilines is 2. The number of pyridine rings is 1. The monoisotopic (exact) mass is 361 g/mol. The van der Waals surface area contributed by atoms with Gasteiger partial charge in [-0.05, 0) is 25.0 Å². The second kappa shape index (κ2) is 8.84. The van der Waals surface area contributed by atoms with Crippen LogP contribution in [-0.4, -0.2) is 49.3 Å². The molecule has 2 heterocycles. The number of morpholine rings is 1. The number of aromatic nitrogens is 1. The first kappa shape index (κ1) is 18.4. The number of ether oxygens (including phenoxy) is 1. The standard InChI is InChI=1S/C18H27N5O3/c19-17(24)14-4-2-1-3-5-15(14)22-18(25)21-13-6-7-16(20-12-13)23-8-10-26-11-9-23/h6-7,12,14-15H,1-5,8-11H2,(H2,19,24)(H2,21,22,25). The molecular weight excluding hydrogens is 334 g/mol. The van der Waals surface area contributed by atoms with E-state index in [1.165, 1.54) is 0 Å². The van der Waals surface area contributed by atoms with Crippen molar-refractivity contribution in [1.29, 1.82) is 0 Å². The Bertz CT molecular complexity index is 616. The number of nitrogens with one attached hydrogen (secondary N) is 2. The van der Waals surface area contributed by atoms with Crippen molar-refractivity contribution >= 4 is 23.4 Å². The molecule has 2 unspecified atom stereocenters. The number of amides is 3. The molecule has 1 saturated carbocycles. The molecule has 1 aliphatic carbocycles. The zero-order valence-electron chi connectivity index (χ0n) is 14.9. The molecule has 8 heteroatoms. The molecule has 1 aromatic heterocycles. The van der Waals surface area contributed by atoms with E-state index < -0.39 is 0 Å². The molecule has 2 atom stereocenters. The smallest absolute Gasteiger partial charge is 0.319 e. The van der Waals surface area contributed by atoms with Crippen molar-refractivity contribution in [2.75, 3.05) is 36.5 Å². The number of hydrogen-bond acceptors (Lipinski definition) is 5. The summed E-state index contributed by atoms with van der Waals surface area (Å²) in [4.78, 5) is 30.6. The Hall–Kier alpha value is -2.35. The van der Waals surface area contributed by atoms with Gasteiger partial charge in [0.1, 0.15) is 5.82 Å². The van der Waals surface area contributed by atoms with Gasteiger partial charge in [0, 0.05) is 19.1 Å². The molecule has 0 aromatic carbocycles. The lowest BCUT2D eigenvalue weighted by Crippen LogP contribution is -2.46. The van der Waals surface area contributed by atoms with Gasteiger partial charge < -0.3 is 26.0 Å². The van der Waals surface area contributed by atoms with Crippen LogP contribution < -0.4 is 21.3 Å². The SMILES string of the molecule is NC(=O)C1CCCCCC1NC(=O)Nc1ccc(N2CCOCC2)nc1. The van der Waals surface area contributed by atoms with Gasteiger partial charge in [0.25, 0.3) is 0 Å². The van der Waals surface area contributed by atoms with Crippen molar-refractivity contribution in [3.8, 4) is 0 Å². The van der Waals surface area contributed by atoms with E-state index in [2.05, 4.69) is 20.5 Å². The average molecular weight is 361 g/mol. The number of carbonyl (C=O) groups excluding carboxylic acids is 2. The fourth-order valence-corrected chi connectivity index (χ4v) is 3.60. The molecule has 0 bridgehead atoms. The summed E-state index contributed by atoms with van der Waals surface area (Å²) < 4.78 is 5.34. The molecule has 0 spiro atoms. The van der Waals surface area contributed by atoms with Crippen molar-refractivity contribution in [3.05, 3.63) is 18.3 Å². The fraction of sp³-hybridized carbons (Fsp3) is 0.611. The van der Waals surface area contributed by atoms with Gasteiger partial charge in [-0.15, -0.1) is 0 Å². The van der Waals surface area contributed by atoms with Crippen LogP contribution in [-0.2, 0) is 9.53 Å². The van der Waals surface area contributed by atoms with Gasteiger partial charge in [-0.1, -0.05) is 19.3 Å². The fourth-order valence-electron chi connectivity index (χ4n) is 3.60. The van der Waals surface area contributed by atoms with Crippen LogP contribution in [0.2, 0.25) is 0 Å². The number of hydrogen-bond donors (Lipinski definition) is 3. The minimum Gasteiger partial charge on any atom is -0.378 e. The van der Waals surface area contributed by atoms with E-state index in [-0.39, 0.29) is 23.9 Å². The summed E-state index contributed by atoms with van der Waals surface area (Å²) in [6, 6.07) is 3.18. The number of primary amides is 1. The van der Waals surface area contributed by atoms with Crippen LogP contribution >= 0.6 is 0 Å². The Balaban J connectivity index is 1.56. The van der Waals surface area contributed by atoms with Crippen LogP contribution in [0.15, 0.2) is 18.3 Å². The minimum absolute atomic E-state index is 0.212. The number of nitrogens with two attached hydrogens (primary N) is 1. The highest BCUT2D eigenvalue weighted by molar-refractivity contribution is 5.90. The number of nitrogens with zero attached hydrogens (tertiary/aromatic N) is 2.